The van der Waals surface area contributed by atoms with E-state index < -0.39 is 0 Å². The summed E-state index contributed by atoms with van der Waals surface area (Å²) < 4.78 is 14.0. The van der Waals surface area contributed by atoms with Crippen molar-refractivity contribution in [1.29, 1.82) is 0 Å². The highest BCUT2D eigenvalue weighted by Gasteiger charge is 2.23. The number of carbonyl (C=O) groups excluding carboxylic acids is 1. The maximum Gasteiger partial charge on any atom is 0.231 e. The Bertz CT molecular complexity index is 1000. The van der Waals surface area contributed by atoms with Crippen molar-refractivity contribution in [3.8, 4) is 11.1 Å². The van der Waals surface area contributed by atoms with E-state index in [-0.39, 0.29) is 17.6 Å². The van der Waals surface area contributed by atoms with Crippen LogP contribution in [0, 0.1) is 18.7 Å². The topological polar surface area (TPSA) is 42.0 Å². The summed E-state index contributed by atoms with van der Waals surface area (Å²) in [4.78, 5) is 17.2. The van der Waals surface area contributed by atoms with Gasteiger partial charge in [0, 0.05) is 17.6 Å². The molecule has 5 heteroatoms. The fourth-order valence-corrected chi connectivity index (χ4v) is 3.69. The standard InChI is InChI=1S/C24H24BrFN2O/c1-15(2)12-21(19-6-9-23(26)22(25)14-19)24(29)28-20-7-4-17(5-8-20)18-10-11-27-16(3)13-18/h4-11,13-15,21H,12H2,1-3H3,(H,28,29). The van der Waals surface area contributed by atoms with Gasteiger partial charge in [0.15, 0.2) is 0 Å². The second-order valence-electron chi connectivity index (χ2n) is 7.61. The molecule has 1 atom stereocenters. The number of anilines is 1. The Labute approximate surface area is 179 Å². The molecule has 1 aromatic heterocycles. The summed E-state index contributed by atoms with van der Waals surface area (Å²) in [6.07, 6.45) is 2.47. The summed E-state index contributed by atoms with van der Waals surface area (Å²) in [7, 11) is 0. The van der Waals surface area contributed by atoms with Crippen molar-refractivity contribution in [3.63, 3.8) is 0 Å². The van der Waals surface area contributed by atoms with E-state index in [1.165, 1.54) is 6.07 Å². The summed E-state index contributed by atoms with van der Waals surface area (Å²) >= 11 is 3.22. The number of hydrogen-bond donors (Lipinski definition) is 1. The van der Waals surface area contributed by atoms with Crippen LogP contribution in [0.25, 0.3) is 11.1 Å². The molecule has 0 radical (unpaired) electrons. The molecule has 1 unspecified atom stereocenters. The predicted octanol–water partition coefficient (Wildman–Crippen LogP) is 6.73. The van der Waals surface area contributed by atoms with Crippen molar-refractivity contribution in [1.82, 2.24) is 4.98 Å². The van der Waals surface area contributed by atoms with Crippen LogP contribution in [0.4, 0.5) is 10.1 Å². The summed E-state index contributed by atoms with van der Waals surface area (Å²) in [5.41, 5.74) is 4.65. The molecule has 0 saturated heterocycles. The molecule has 150 valence electrons. The first kappa shape index (κ1) is 21.2. The van der Waals surface area contributed by atoms with Crippen LogP contribution >= 0.6 is 15.9 Å². The molecule has 2 aromatic carbocycles. The second-order valence-corrected chi connectivity index (χ2v) is 8.46. The van der Waals surface area contributed by atoms with Crippen molar-refractivity contribution in [2.45, 2.75) is 33.1 Å². The SMILES string of the molecule is Cc1cc(-c2ccc(NC(=O)C(CC(C)C)c3ccc(F)c(Br)c3)cc2)ccn1. The van der Waals surface area contributed by atoms with Gasteiger partial charge in [-0.3, -0.25) is 9.78 Å². The lowest BCUT2D eigenvalue weighted by Crippen LogP contribution is -2.22. The van der Waals surface area contributed by atoms with Crippen molar-refractivity contribution >= 4 is 27.5 Å². The minimum absolute atomic E-state index is 0.0929. The van der Waals surface area contributed by atoms with E-state index in [2.05, 4.69) is 40.1 Å². The summed E-state index contributed by atoms with van der Waals surface area (Å²) in [5, 5.41) is 3.01. The van der Waals surface area contributed by atoms with Crippen LogP contribution in [0.1, 0.15) is 37.4 Å². The highest BCUT2D eigenvalue weighted by atomic mass is 79.9. The van der Waals surface area contributed by atoms with Gasteiger partial charge in [-0.25, -0.2) is 4.39 Å². The fourth-order valence-electron chi connectivity index (χ4n) is 3.30. The molecule has 0 aliphatic carbocycles. The number of amides is 1. The van der Waals surface area contributed by atoms with E-state index in [0.29, 0.717) is 16.8 Å². The summed E-state index contributed by atoms with van der Waals surface area (Å²) in [5.74, 6) is -0.453. The first-order valence-corrected chi connectivity index (χ1v) is 10.4. The van der Waals surface area contributed by atoms with Crippen molar-refractivity contribution in [3.05, 3.63) is 82.3 Å². The molecule has 0 aliphatic heterocycles. The molecule has 0 fully saturated rings. The van der Waals surface area contributed by atoms with Gasteiger partial charge in [-0.05, 0) is 88.3 Å². The summed E-state index contributed by atoms with van der Waals surface area (Å²) in [6.45, 7) is 6.11. The number of aryl methyl sites for hydroxylation is 1. The van der Waals surface area contributed by atoms with Gasteiger partial charge in [-0.1, -0.05) is 32.0 Å². The molecule has 29 heavy (non-hydrogen) atoms. The number of halogens is 2. The fraction of sp³-hybridized carbons (Fsp3) is 0.250. The van der Waals surface area contributed by atoms with Gasteiger partial charge in [0.25, 0.3) is 0 Å². The second kappa shape index (κ2) is 9.31. The van der Waals surface area contributed by atoms with Crippen LogP contribution in [0.3, 0.4) is 0 Å². The molecule has 0 saturated carbocycles. The Morgan fingerprint density at radius 3 is 2.41 bits per heavy atom. The molecule has 3 aromatic rings. The third kappa shape index (κ3) is 5.51. The number of pyridine rings is 1. The first-order valence-electron chi connectivity index (χ1n) is 9.62. The molecule has 3 nitrogen and oxygen atoms in total. The highest BCUT2D eigenvalue weighted by molar-refractivity contribution is 9.10. The number of rotatable bonds is 6. The molecule has 0 bridgehead atoms. The number of hydrogen-bond acceptors (Lipinski definition) is 2. The van der Waals surface area contributed by atoms with Gasteiger partial charge in [0.1, 0.15) is 5.82 Å². The molecule has 0 aliphatic rings. The lowest BCUT2D eigenvalue weighted by atomic mass is 9.89. The van der Waals surface area contributed by atoms with Crippen molar-refractivity contribution in [2.24, 2.45) is 5.92 Å². The maximum absolute atomic E-state index is 13.6. The van der Waals surface area contributed by atoms with E-state index in [9.17, 15) is 9.18 Å². The van der Waals surface area contributed by atoms with Crippen LogP contribution in [-0.2, 0) is 4.79 Å². The van der Waals surface area contributed by atoms with Crippen LogP contribution in [0.2, 0.25) is 0 Å². The van der Waals surface area contributed by atoms with Gasteiger partial charge >= 0.3 is 0 Å². The predicted molar refractivity (Wildman–Crippen MR) is 119 cm³/mol. The van der Waals surface area contributed by atoms with Crippen LogP contribution < -0.4 is 5.32 Å². The number of benzene rings is 2. The monoisotopic (exact) mass is 454 g/mol. The van der Waals surface area contributed by atoms with E-state index >= 15 is 0 Å². The number of aromatic nitrogens is 1. The number of nitrogens with zero attached hydrogens (tertiary/aromatic N) is 1. The van der Waals surface area contributed by atoms with Gasteiger partial charge in [0.2, 0.25) is 5.91 Å². The minimum atomic E-state index is -0.352. The van der Waals surface area contributed by atoms with Gasteiger partial charge < -0.3 is 5.32 Å². The van der Waals surface area contributed by atoms with Crippen molar-refractivity contribution < 1.29 is 9.18 Å². The Morgan fingerprint density at radius 2 is 1.79 bits per heavy atom. The molecule has 1 amide bonds. The molecule has 3 rings (SSSR count). The zero-order valence-corrected chi connectivity index (χ0v) is 18.3. The molecular weight excluding hydrogens is 431 g/mol. The molecule has 1 N–H and O–H groups in total. The largest absolute Gasteiger partial charge is 0.326 e. The van der Waals surface area contributed by atoms with E-state index in [4.69, 9.17) is 0 Å². The quantitative estimate of drug-likeness (QED) is 0.448. The Hall–Kier alpha value is -2.53. The minimum Gasteiger partial charge on any atom is -0.326 e. The van der Waals surface area contributed by atoms with Gasteiger partial charge in [0.05, 0.1) is 10.4 Å². The summed E-state index contributed by atoms with van der Waals surface area (Å²) in [6, 6.07) is 16.5. The van der Waals surface area contributed by atoms with Crippen LogP contribution in [0.5, 0.6) is 0 Å². The number of nitrogens with one attached hydrogen (secondary N) is 1. The van der Waals surface area contributed by atoms with Gasteiger partial charge in [-0.15, -0.1) is 0 Å². The third-order valence-corrected chi connectivity index (χ3v) is 5.36. The lowest BCUT2D eigenvalue weighted by molar-refractivity contribution is -0.117. The van der Waals surface area contributed by atoms with Crippen molar-refractivity contribution in [2.75, 3.05) is 5.32 Å². The average Bonchev–Trinajstić information content (AvgIpc) is 2.69. The van der Waals surface area contributed by atoms with E-state index in [1.807, 2.05) is 43.3 Å². The maximum atomic E-state index is 13.6. The zero-order chi connectivity index (χ0) is 21.0. The average molecular weight is 455 g/mol. The van der Waals surface area contributed by atoms with Crippen LogP contribution in [-0.4, -0.2) is 10.9 Å². The van der Waals surface area contributed by atoms with E-state index in [1.54, 1.807) is 18.3 Å². The first-order chi connectivity index (χ1) is 13.8. The Kier molecular flexibility index (Phi) is 6.80. The molecule has 1 heterocycles. The highest BCUT2D eigenvalue weighted by Crippen LogP contribution is 2.29. The Balaban J connectivity index is 1.79. The molecular formula is C24H24BrFN2O. The Morgan fingerprint density at radius 1 is 1.07 bits per heavy atom. The smallest absolute Gasteiger partial charge is 0.231 e. The van der Waals surface area contributed by atoms with E-state index in [0.717, 1.165) is 28.1 Å². The number of carbonyl (C=O) groups is 1. The molecule has 0 spiro atoms. The lowest BCUT2D eigenvalue weighted by Gasteiger charge is -2.20. The zero-order valence-electron chi connectivity index (χ0n) is 16.7. The normalized spacial score (nSPS) is 12.1. The van der Waals surface area contributed by atoms with Crippen LogP contribution in [0.15, 0.2) is 65.3 Å². The third-order valence-electron chi connectivity index (χ3n) is 4.75. The van der Waals surface area contributed by atoms with Gasteiger partial charge in [-0.2, -0.15) is 0 Å².